The lowest BCUT2D eigenvalue weighted by atomic mass is 10.2. The van der Waals surface area contributed by atoms with E-state index in [0.717, 1.165) is 6.54 Å². The molecule has 1 aliphatic heterocycles. The maximum absolute atomic E-state index is 11.4. The van der Waals surface area contributed by atoms with Gasteiger partial charge in [0.1, 0.15) is 0 Å². The van der Waals surface area contributed by atoms with Crippen LogP contribution in [0.5, 0.6) is 0 Å². The Balaban J connectivity index is 2.02. The molecule has 1 fully saturated rings. The van der Waals surface area contributed by atoms with Crippen LogP contribution in [0.4, 0.5) is 0 Å². The first kappa shape index (κ1) is 12.5. The van der Waals surface area contributed by atoms with E-state index in [1.54, 1.807) is 6.92 Å². The molecule has 1 atom stereocenters. The van der Waals surface area contributed by atoms with E-state index in [9.17, 15) is 8.42 Å². The van der Waals surface area contributed by atoms with Crippen molar-refractivity contribution in [3.8, 4) is 0 Å². The third-order valence-electron chi connectivity index (χ3n) is 3.05. The minimum atomic E-state index is -2.84. The van der Waals surface area contributed by atoms with Crippen LogP contribution < -0.4 is 0 Å². The second-order valence-corrected chi connectivity index (χ2v) is 6.58. The van der Waals surface area contributed by atoms with Crippen molar-refractivity contribution >= 4 is 9.84 Å². The van der Waals surface area contributed by atoms with E-state index in [0.29, 0.717) is 30.4 Å². The third kappa shape index (κ3) is 3.04. The lowest BCUT2D eigenvalue weighted by molar-refractivity contribution is 0.206. The molecule has 1 aromatic rings. The van der Waals surface area contributed by atoms with Crippen molar-refractivity contribution < 1.29 is 12.9 Å². The maximum Gasteiger partial charge on any atom is 0.223 e. The van der Waals surface area contributed by atoms with Gasteiger partial charge in [-0.05, 0) is 13.0 Å². The van der Waals surface area contributed by atoms with Crippen molar-refractivity contribution in [2.75, 3.05) is 18.1 Å². The number of sulfone groups is 1. The summed E-state index contributed by atoms with van der Waals surface area (Å²) in [6, 6.07) is 0.0869. The summed E-state index contributed by atoms with van der Waals surface area (Å²) in [5.41, 5.74) is 0. The topological polar surface area (TPSA) is 76.3 Å². The summed E-state index contributed by atoms with van der Waals surface area (Å²) in [6.45, 7) is 5.09. The Morgan fingerprint density at radius 2 is 2.29 bits per heavy atom. The van der Waals surface area contributed by atoms with Crippen molar-refractivity contribution in [1.29, 1.82) is 0 Å². The Hall–Kier alpha value is -0.950. The van der Waals surface area contributed by atoms with Crippen LogP contribution in [0.15, 0.2) is 4.52 Å². The molecule has 0 bridgehead atoms. The van der Waals surface area contributed by atoms with Gasteiger partial charge in [-0.25, -0.2) is 8.42 Å². The van der Waals surface area contributed by atoms with E-state index in [4.69, 9.17) is 4.52 Å². The molecule has 1 saturated heterocycles. The predicted octanol–water partition coefficient (Wildman–Crippen LogP) is 0.387. The lowest BCUT2D eigenvalue weighted by Crippen LogP contribution is -2.35. The molecule has 2 rings (SSSR count). The minimum absolute atomic E-state index is 0.0869. The van der Waals surface area contributed by atoms with Gasteiger partial charge in [-0.3, -0.25) is 4.90 Å². The fraction of sp³-hybridized carbons (Fsp3) is 0.800. The van der Waals surface area contributed by atoms with Crippen LogP contribution in [-0.4, -0.2) is 47.6 Å². The monoisotopic (exact) mass is 259 g/mol. The number of aromatic nitrogens is 2. The normalized spacial score (nSPS) is 23.4. The van der Waals surface area contributed by atoms with E-state index in [1.165, 1.54) is 0 Å². The zero-order chi connectivity index (χ0) is 12.5. The minimum Gasteiger partial charge on any atom is -0.340 e. The SMILES string of the molecule is CCN(Cc1noc(C)n1)[C@@H]1CCS(=O)(=O)C1. The summed E-state index contributed by atoms with van der Waals surface area (Å²) >= 11 is 0. The van der Waals surface area contributed by atoms with E-state index in [-0.39, 0.29) is 11.8 Å². The van der Waals surface area contributed by atoms with Gasteiger partial charge in [-0.2, -0.15) is 4.98 Å². The van der Waals surface area contributed by atoms with Crippen LogP contribution in [0.2, 0.25) is 0 Å². The standard InChI is InChI=1S/C10H17N3O3S/c1-3-13(6-10-11-8(2)16-12-10)9-4-5-17(14,15)7-9/h9H,3-7H2,1-2H3/t9-/m1/s1. The molecule has 0 aromatic carbocycles. The van der Waals surface area contributed by atoms with Gasteiger partial charge in [0.25, 0.3) is 0 Å². The molecule has 7 heteroatoms. The highest BCUT2D eigenvalue weighted by molar-refractivity contribution is 7.91. The predicted molar refractivity (Wildman–Crippen MR) is 62.2 cm³/mol. The van der Waals surface area contributed by atoms with Crippen LogP contribution in [0.1, 0.15) is 25.1 Å². The van der Waals surface area contributed by atoms with Gasteiger partial charge in [0.2, 0.25) is 5.89 Å². The van der Waals surface area contributed by atoms with Crippen LogP contribution >= 0.6 is 0 Å². The van der Waals surface area contributed by atoms with Gasteiger partial charge in [0.15, 0.2) is 15.7 Å². The molecular weight excluding hydrogens is 242 g/mol. The summed E-state index contributed by atoms with van der Waals surface area (Å²) in [5.74, 6) is 1.70. The van der Waals surface area contributed by atoms with Crippen molar-refractivity contribution in [2.45, 2.75) is 32.9 Å². The number of hydrogen-bond donors (Lipinski definition) is 0. The molecule has 2 heterocycles. The molecule has 6 nitrogen and oxygen atoms in total. The smallest absolute Gasteiger partial charge is 0.223 e. The first-order chi connectivity index (χ1) is 8.00. The third-order valence-corrected chi connectivity index (χ3v) is 4.80. The highest BCUT2D eigenvalue weighted by Crippen LogP contribution is 2.18. The highest BCUT2D eigenvalue weighted by atomic mass is 32.2. The molecule has 0 aliphatic carbocycles. The van der Waals surface area contributed by atoms with Gasteiger partial charge in [0, 0.05) is 13.0 Å². The molecule has 0 radical (unpaired) electrons. The van der Waals surface area contributed by atoms with Gasteiger partial charge < -0.3 is 4.52 Å². The first-order valence-corrected chi connectivity index (χ1v) is 7.56. The fourth-order valence-electron chi connectivity index (χ4n) is 2.15. The average Bonchev–Trinajstić information content (AvgIpc) is 2.81. The summed E-state index contributed by atoms with van der Waals surface area (Å²) in [4.78, 5) is 6.23. The van der Waals surface area contributed by atoms with E-state index in [1.807, 2.05) is 6.92 Å². The van der Waals surface area contributed by atoms with Crippen LogP contribution in [0, 0.1) is 6.92 Å². The molecule has 96 valence electrons. The highest BCUT2D eigenvalue weighted by Gasteiger charge is 2.32. The van der Waals surface area contributed by atoms with E-state index >= 15 is 0 Å². The summed E-state index contributed by atoms with van der Waals surface area (Å²) < 4.78 is 27.8. The largest absolute Gasteiger partial charge is 0.340 e. The van der Waals surface area contributed by atoms with Gasteiger partial charge in [-0.1, -0.05) is 12.1 Å². The number of nitrogens with zero attached hydrogens (tertiary/aromatic N) is 3. The van der Waals surface area contributed by atoms with Crippen molar-refractivity contribution in [3.05, 3.63) is 11.7 Å². The summed E-state index contributed by atoms with van der Waals surface area (Å²) in [6.07, 6.45) is 0.701. The summed E-state index contributed by atoms with van der Waals surface area (Å²) in [7, 11) is -2.84. The Morgan fingerprint density at radius 3 is 2.76 bits per heavy atom. The molecule has 1 aliphatic rings. The molecule has 0 spiro atoms. The number of rotatable bonds is 4. The van der Waals surface area contributed by atoms with Crippen molar-refractivity contribution in [1.82, 2.24) is 15.0 Å². The fourth-order valence-corrected chi connectivity index (χ4v) is 3.91. The summed E-state index contributed by atoms with van der Waals surface area (Å²) in [5, 5.41) is 3.83. The van der Waals surface area contributed by atoms with Gasteiger partial charge in [0.05, 0.1) is 18.1 Å². The Kier molecular flexibility index (Phi) is 3.48. The molecule has 0 saturated carbocycles. The quantitative estimate of drug-likeness (QED) is 0.778. The second kappa shape index (κ2) is 4.73. The molecule has 0 unspecified atom stereocenters. The molecular formula is C10H17N3O3S. The van der Waals surface area contributed by atoms with Crippen molar-refractivity contribution in [2.24, 2.45) is 0 Å². The van der Waals surface area contributed by atoms with Gasteiger partial charge >= 0.3 is 0 Å². The molecule has 1 aromatic heterocycles. The first-order valence-electron chi connectivity index (χ1n) is 5.74. The Morgan fingerprint density at radius 1 is 1.53 bits per heavy atom. The zero-order valence-corrected chi connectivity index (χ0v) is 10.9. The molecule has 0 N–H and O–H groups in total. The Labute approximate surface area is 101 Å². The molecule has 0 amide bonds. The molecule has 17 heavy (non-hydrogen) atoms. The number of aryl methyl sites for hydroxylation is 1. The maximum atomic E-state index is 11.4. The van der Waals surface area contributed by atoms with Crippen molar-refractivity contribution in [3.63, 3.8) is 0 Å². The zero-order valence-electron chi connectivity index (χ0n) is 10.1. The second-order valence-electron chi connectivity index (χ2n) is 4.35. The van der Waals surface area contributed by atoms with E-state index < -0.39 is 9.84 Å². The van der Waals surface area contributed by atoms with Crippen LogP contribution in [-0.2, 0) is 16.4 Å². The number of hydrogen-bond acceptors (Lipinski definition) is 6. The van der Waals surface area contributed by atoms with Gasteiger partial charge in [-0.15, -0.1) is 0 Å². The lowest BCUT2D eigenvalue weighted by Gasteiger charge is -2.24. The van der Waals surface area contributed by atoms with Crippen LogP contribution in [0.25, 0.3) is 0 Å². The average molecular weight is 259 g/mol. The Bertz CT molecular complexity index is 483. The van der Waals surface area contributed by atoms with E-state index in [2.05, 4.69) is 15.0 Å². The van der Waals surface area contributed by atoms with Crippen LogP contribution in [0.3, 0.4) is 0 Å².